The lowest BCUT2D eigenvalue weighted by molar-refractivity contribution is -0.137. The number of hydrogen-bond donors (Lipinski definition) is 0. The molecule has 3 aromatic rings. The van der Waals surface area contributed by atoms with Gasteiger partial charge in [0.2, 0.25) is 0 Å². The van der Waals surface area contributed by atoms with E-state index in [1.807, 2.05) is 0 Å². The highest BCUT2D eigenvalue weighted by Crippen LogP contribution is 2.31. The molecule has 170 valence electrons. The summed E-state index contributed by atoms with van der Waals surface area (Å²) in [5.41, 5.74) is 1.54. The summed E-state index contributed by atoms with van der Waals surface area (Å²) in [7, 11) is 0. The van der Waals surface area contributed by atoms with E-state index >= 15 is 0 Å². The quantitative estimate of drug-likeness (QED) is 0.337. The molecule has 0 bridgehead atoms. The van der Waals surface area contributed by atoms with Crippen LogP contribution in [0, 0.1) is 11.6 Å². The van der Waals surface area contributed by atoms with Crippen molar-refractivity contribution in [3.05, 3.63) is 89.9 Å². The summed E-state index contributed by atoms with van der Waals surface area (Å²) in [5, 5.41) is 12.4. The second kappa shape index (κ2) is 8.25. The van der Waals surface area contributed by atoms with Gasteiger partial charge in [-0.3, -0.25) is 4.68 Å². The van der Waals surface area contributed by atoms with E-state index in [4.69, 9.17) is 0 Å². The van der Waals surface area contributed by atoms with Crippen LogP contribution < -0.4 is 0 Å². The smallest absolute Gasteiger partial charge is 0.264 e. The van der Waals surface area contributed by atoms with Crippen LogP contribution in [0.3, 0.4) is 0 Å². The number of aromatic nitrogens is 6. The molecule has 2 aliphatic rings. The molecular formula is C23H13F5N6. The van der Waals surface area contributed by atoms with Gasteiger partial charge in [-0.25, -0.2) is 18.7 Å². The van der Waals surface area contributed by atoms with Crippen molar-refractivity contribution in [2.24, 2.45) is 0 Å². The van der Waals surface area contributed by atoms with Gasteiger partial charge in [-0.15, -0.1) is 0 Å². The molecule has 0 radical (unpaired) electrons. The third-order valence-electron chi connectivity index (χ3n) is 5.06. The highest BCUT2D eigenvalue weighted by atomic mass is 19.4. The average molecular weight is 468 g/mol. The summed E-state index contributed by atoms with van der Waals surface area (Å²) in [6.45, 7) is 0.229. The van der Waals surface area contributed by atoms with Gasteiger partial charge in [-0.2, -0.15) is 28.5 Å². The molecule has 0 aliphatic carbocycles. The molecule has 0 atom stereocenters. The van der Waals surface area contributed by atoms with Crippen LogP contribution in [-0.2, 0) is 12.7 Å². The normalized spacial score (nSPS) is 11.8. The van der Waals surface area contributed by atoms with Crippen molar-refractivity contribution >= 4 is 0 Å². The molecule has 5 rings (SSSR count). The van der Waals surface area contributed by atoms with Crippen LogP contribution in [-0.4, -0.2) is 29.9 Å². The number of alkyl halides is 3. The molecule has 0 N–H and O–H groups in total. The number of benzene rings is 2. The fourth-order valence-electron chi connectivity index (χ4n) is 3.34. The van der Waals surface area contributed by atoms with E-state index in [-0.39, 0.29) is 17.9 Å². The summed E-state index contributed by atoms with van der Waals surface area (Å²) >= 11 is 0. The topological polar surface area (TPSA) is 69.4 Å². The molecule has 2 aliphatic heterocycles. The number of fused-ring (bicyclic) bond motifs is 1. The van der Waals surface area contributed by atoms with Crippen LogP contribution in [0.25, 0.3) is 34.0 Å². The monoisotopic (exact) mass is 468 g/mol. The maximum absolute atomic E-state index is 14.1. The molecule has 0 unspecified atom stereocenters. The molecule has 11 heteroatoms. The molecule has 1 aromatic heterocycles. The van der Waals surface area contributed by atoms with Crippen molar-refractivity contribution in [1.29, 1.82) is 0 Å². The van der Waals surface area contributed by atoms with Crippen LogP contribution >= 0.6 is 0 Å². The predicted molar refractivity (Wildman–Crippen MR) is 111 cm³/mol. The Balaban J connectivity index is 1.35. The Morgan fingerprint density at radius 3 is 2.26 bits per heavy atom. The lowest BCUT2D eigenvalue weighted by Crippen LogP contribution is -2.08. The van der Waals surface area contributed by atoms with Gasteiger partial charge in [0.15, 0.2) is 17.5 Å². The van der Waals surface area contributed by atoms with E-state index in [1.165, 1.54) is 35.1 Å². The van der Waals surface area contributed by atoms with Crippen LogP contribution in [0.2, 0.25) is 0 Å². The van der Waals surface area contributed by atoms with Crippen LogP contribution in [0.5, 0.6) is 0 Å². The SMILES string of the molecule is Fc1cccc(-c2nc3cnn(Cc4ccc(-c5ccc(C(F)(F)F)cc5)nn4)cc-3n2)c1F. The fraction of sp³-hybridized carbons (Fsp3) is 0.0870. The molecule has 6 nitrogen and oxygen atoms in total. The number of imidazole rings is 1. The summed E-state index contributed by atoms with van der Waals surface area (Å²) in [5.74, 6) is -1.97. The Morgan fingerprint density at radius 1 is 0.794 bits per heavy atom. The van der Waals surface area contributed by atoms with Crippen LogP contribution in [0.1, 0.15) is 11.3 Å². The Morgan fingerprint density at radius 2 is 1.56 bits per heavy atom. The first-order valence-electron chi connectivity index (χ1n) is 9.93. The van der Waals surface area contributed by atoms with Gasteiger partial charge in [0, 0.05) is 5.56 Å². The molecule has 0 amide bonds. The van der Waals surface area contributed by atoms with Crippen molar-refractivity contribution in [3.63, 3.8) is 0 Å². The lowest BCUT2D eigenvalue weighted by Gasteiger charge is -2.08. The fourth-order valence-corrected chi connectivity index (χ4v) is 3.34. The Kier molecular flexibility index (Phi) is 5.23. The van der Waals surface area contributed by atoms with Gasteiger partial charge < -0.3 is 0 Å². The summed E-state index contributed by atoms with van der Waals surface area (Å²) < 4.78 is 67.3. The highest BCUT2D eigenvalue weighted by Gasteiger charge is 2.30. The number of nitrogens with zero attached hydrogens (tertiary/aromatic N) is 6. The van der Waals surface area contributed by atoms with Crippen molar-refractivity contribution in [1.82, 2.24) is 29.9 Å². The Hall–Kier alpha value is -4.28. The zero-order valence-electron chi connectivity index (χ0n) is 17.1. The van der Waals surface area contributed by atoms with E-state index < -0.39 is 23.4 Å². The second-order valence-corrected chi connectivity index (χ2v) is 7.38. The first kappa shape index (κ1) is 21.6. The van der Waals surface area contributed by atoms with Gasteiger partial charge in [0.1, 0.15) is 11.4 Å². The molecule has 0 saturated heterocycles. The molecule has 3 heterocycles. The van der Waals surface area contributed by atoms with E-state index in [1.54, 1.807) is 18.3 Å². The average Bonchev–Trinajstić information content (AvgIpc) is 3.24. The van der Waals surface area contributed by atoms with Crippen molar-refractivity contribution in [3.8, 4) is 34.0 Å². The first-order chi connectivity index (χ1) is 16.3. The van der Waals surface area contributed by atoms with Crippen LogP contribution in [0.4, 0.5) is 22.0 Å². The Labute approximate surface area is 189 Å². The van der Waals surface area contributed by atoms with Gasteiger partial charge in [-0.1, -0.05) is 18.2 Å². The predicted octanol–water partition coefficient (Wildman–Crippen LogP) is 5.25. The maximum Gasteiger partial charge on any atom is 0.416 e. The van der Waals surface area contributed by atoms with Gasteiger partial charge in [-0.05, 0) is 36.4 Å². The largest absolute Gasteiger partial charge is 0.416 e. The van der Waals surface area contributed by atoms with Gasteiger partial charge in [0.25, 0.3) is 0 Å². The van der Waals surface area contributed by atoms with E-state index in [0.29, 0.717) is 28.3 Å². The number of rotatable bonds is 4. The minimum Gasteiger partial charge on any atom is -0.264 e. The number of hydrogen-bond acceptors (Lipinski definition) is 5. The third-order valence-corrected chi connectivity index (χ3v) is 5.06. The van der Waals surface area contributed by atoms with Crippen molar-refractivity contribution < 1.29 is 22.0 Å². The second-order valence-electron chi connectivity index (χ2n) is 7.38. The zero-order chi connectivity index (χ0) is 23.9. The third kappa shape index (κ3) is 4.19. The van der Waals surface area contributed by atoms with Crippen molar-refractivity contribution in [2.75, 3.05) is 0 Å². The molecule has 0 saturated carbocycles. The molecule has 0 fully saturated rings. The standard InChI is InChI=1S/C23H13F5N6/c24-17-3-1-2-16(21(17)25)22-30-19-10-29-34(12-20(19)31-22)11-15-8-9-18(33-32-15)13-4-6-14(7-5-13)23(26,27)28/h1-10,12H,11H2. The first-order valence-corrected chi connectivity index (χ1v) is 9.93. The Bertz CT molecular complexity index is 1430. The van der Waals surface area contributed by atoms with Crippen molar-refractivity contribution in [2.45, 2.75) is 12.7 Å². The van der Waals surface area contributed by atoms with E-state index in [0.717, 1.165) is 18.2 Å². The van der Waals surface area contributed by atoms with Crippen LogP contribution in [0.15, 0.2) is 67.0 Å². The molecule has 34 heavy (non-hydrogen) atoms. The molecular weight excluding hydrogens is 455 g/mol. The lowest BCUT2D eigenvalue weighted by atomic mass is 10.1. The highest BCUT2D eigenvalue weighted by molar-refractivity contribution is 5.65. The minimum absolute atomic E-state index is 0.0484. The maximum atomic E-state index is 14.1. The minimum atomic E-state index is -4.41. The van der Waals surface area contributed by atoms with Gasteiger partial charge >= 0.3 is 6.18 Å². The van der Waals surface area contributed by atoms with Gasteiger partial charge in [0.05, 0.1) is 41.5 Å². The summed E-state index contributed by atoms with van der Waals surface area (Å²) in [6, 6.07) is 11.8. The van der Waals surface area contributed by atoms with E-state index in [2.05, 4.69) is 25.3 Å². The summed E-state index contributed by atoms with van der Waals surface area (Å²) in [6.07, 6.45) is -1.36. The number of halogens is 5. The molecule has 0 spiro atoms. The zero-order valence-corrected chi connectivity index (χ0v) is 17.1. The molecule has 2 aromatic carbocycles. The summed E-state index contributed by atoms with van der Waals surface area (Å²) in [4.78, 5) is 8.48. The van der Waals surface area contributed by atoms with E-state index in [9.17, 15) is 22.0 Å².